The minimum Gasteiger partial charge on any atom is -0.486 e. The van der Waals surface area contributed by atoms with E-state index in [4.69, 9.17) is 9.15 Å². The first-order chi connectivity index (χ1) is 10.0. The summed E-state index contributed by atoms with van der Waals surface area (Å²) < 4.78 is 24.2. The van der Waals surface area contributed by atoms with E-state index in [1.165, 1.54) is 12.1 Å². The van der Waals surface area contributed by atoms with E-state index in [2.05, 4.69) is 19.2 Å². The molecule has 0 amide bonds. The van der Waals surface area contributed by atoms with Crippen LogP contribution in [0.3, 0.4) is 0 Å². The molecule has 2 aromatic rings. The van der Waals surface area contributed by atoms with Gasteiger partial charge in [-0.05, 0) is 55.3 Å². The van der Waals surface area contributed by atoms with E-state index in [-0.39, 0.29) is 5.82 Å². The molecule has 21 heavy (non-hydrogen) atoms. The van der Waals surface area contributed by atoms with Crippen molar-refractivity contribution in [3.63, 3.8) is 0 Å². The first-order valence-electron chi connectivity index (χ1n) is 7.22. The Morgan fingerprint density at radius 2 is 1.95 bits per heavy atom. The highest BCUT2D eigenvalue weighted by Gasteiger charge is 2.08. The maximum atomic E-state index is 12.8. The molecule has 0 aliphatic carbocycles. The minimum atomic E-state index is -0.269. The largest absolute Gasteiger partial charge is 0.486 e. The number of ether oxygens (including phenoxy) is 1. The van der Waals surface area contributed by atoms with Crippen molar-refractivity contribution in [2.45, 2.75) is 33.9 Å². The molecular formula is C17H22FNO2. The number of rotatable bonds is 7. The highest BCUT2D eigenvalue weighted by Crippen LogP contribution is 2.18. The van der Waals surface area contributed by atoms with E-state index in [0.717, 1.165) is 30.2 Å². The average molecular weight is 291 g/mol. The fourth-order valence-corrected chi connectivity index (χ4v) is 2.00. The Bertz CT molecular complexity index is 561. The summed E-state index contributed by atoms with van der Waals surface area (Å²) in [6.45, 7) is 8.39. The molecule has 3 nitrogen and oxygen atoms in total. The van der Waals surface area contributed by atoms with Gasteiger partial charge >= 0.3 is 0 Å². The van der Waals surface area contributed by atoms with Gasteiger partial charge in [-0.2, -0.15) is 0 Å². The second-order valence-corrected chi connectivity index (χ2v) is 5.59. The average Bonchev–Trinajstić information content (AvgIpc) is 2.78. The lowest BCUT2D eigenvalue weighted by molar-refractivity contribution is 0.264. The van der Waals surface area contributed by atoms with Gasteiger partial charge in [-0.1, -0.05) is 13.8 Å². The van der Waals surface area contributed by atoms with Gasteiger partial charge in [-0.3, -0.25) is 0 Å². The molecule has 0 spiro atoms. The molecular weight excluding hydrogens is 269 g/mol. The third-order valence-corrected chi connectivity index (χ3v) is 3.10. The number of halogens is 1. The highest BCUT2D eigenvalue weighted by molar-refractivity contribution is 5.23. The summed E-state index contributed by atoms with van der Waals surface area (Å²) in [5.74, 6) is 2.69. The first-order valence-corrected chi connectivity index (χ1v) is 7.22. The number of hydrogen-bond acceptors (Lipinski definition) is 3. The van der Waals surface area contributed by atoms with Gasteiger partial charge in [-0.25, -0.2) is 4.39 Å². The van der Waals surface area contributed by atoms with Crippen LogP contribution in [0.4, 0.5) is 4.39 Å². The summed E-state index contributed by atoms with van der Waals surface area (Å²) >= 11 is 0. The lowest BCUT2D eigenvalue weighted by atomic mass is 10.2. The van der Waals surface area contributed by atoms with Crippen molar-refractivity contribution in [3.05, 3.63) is 53.2 Å². The molecule has 0 unspecified atom stereocenters. The van der Waals surface area contributed by atoms with Crippen molar-refractivity contribution in [1.82, 2.24) is 5.32 Å². The van der Waals surface area contributed by atoms with Crippen LogP contribution in [0.15, 0.2) is 34.7 Å². The summed E-state index contributed by atoms with van der Waals surface area (Å²) in [4.78, 5) is 0. The van der Waals surface area contributed by atoms with Gasteiger partial charge in [0.15, 0.2) is 0 Å². The minimum absolute atomic E-state index is 0.269. The quantitative estimate of drug-likeness (QED) is 0.835. The normalized spacial score (nSPS) is 11.1. The zero-order chi connectivity index (χ0) is 15.2. The Hall–Kier alpha value is -1.81. The lowest BCUT2D eigenvalue weighted by Gasteiger charge is -2.06. The fourth-order valence-electron chi connectivity index (χ4n) is 2.00. The molecule has 0 fully saturated rings. The van der Waals surface area contributed by atoms with Crippen LogP contribution in [0, 0.1) is 18.7 Å². The van der Waals surface area contributed by atoms with Gasteiger partial charge in [0.05, 0.1) is 6.54 Å². The molecule has 114 valence electrons. The molecule has 1 heterocycles. The first kappa shape index (κ1) is 15.6. The second kappa shape index (κ2) is 7.27. The van der Waals surface area contributed by atoms with E-state index < -0.39 is 0 Å². The summed E-state index contributed by atoms with van der Waals surface area (Å²) in [5.41, 5.74) is 1.11. The zero-order valence-corrected chi connectivity index (χ0v) is 12.8. The Morgan fingerprint density at radius 1 is 1.24 bits per heavy atom. The summed E-state index contributed by atoms with van der Waals surface area (Å²) in [5, 5.41) is 3.36. The number of furan rings is 1. The Balaban J connectivity index is 1.87. The number of hydrogen-bond donors (Lipinski definition) is 1. The van der Waals surface area contributed by atoms with Crippen LogP contribution >= 0.6 is 0 Å². The molecule has 0 saturated heterocycles. The SMILES string of the molecule is Cc1cc(COc2ccc(F)cc2)oc1CNCC(C)C. The topological polar surface area (TPSA) is 34.4 Å². The molecule has 1 aromatic carbocycles. The second-order valence-electron chi connectivity index (χ2n) is 5.59. The van der Waals surface area contributed by atoms with Gasteiger partial charge in [0.2, 0.25) is 0 Å². The molecule has 2 rings (SSSR count). The summed E-state index contributed by atoms with van der Waals surface area (Å²) in [6.07, 6.45) is 0. The Morgan fingerprint density at radius 3 is 2.62 bits per heavy atom. The van der Waals surface area contributed by atoms with Crippen molar-refractivity contribution >= 4 is 0 Å². The van der Waals surface area contributed by atoms with Crippen LogP contribution in [0.2, 0.25) is 0 Å². The number of nitrogens with one attached hydrogen (secondary N) is 1. The van der Waals surface area contributed by atoms with Crippen LogP contribution in [0.1, 0.15) is 30.9 Å². The molecule has 1 N–H and O–H groups in total. The van der Waals surface area contributed by atoms with E-state index in [1.807, 2.05) is 13.0 Å². The summed E-state index contributed by atoms with van der Waals surface area (Å²) in [7, 11) is 0. The highest BCUT2D eigenvalue weighted by atomic mass is 19.1. The van der Waals surface area contributed by atoms with Crippen LogP contribution in [0.25, 0.3) is 0 Å². The van der Waals surface area contributed by atoms with Gasteiger partial charge in [0.1, 0.15) is 29.7 Å². The predicted molar refractivity (Wildman–Crippen MR) is 80.7 cm³/mol. The smallest absolute Gasteiger partial charge is 0.146 e. The van der Waals surface area contributed by atoms with Crippen LogP contribution in [0.5, 0.6) is 5.75 Å². The summed E-state index contributed by atoms with van der Waals surface area (Å²) in [6, 6.07) is 7.95. The third kappa shape index (κ3) is 4.90. The van der Waals surface area contributed by atoms with Crippen molar-refractivity contribution in [3.8, 4) is 5.75 Å². The van der Waals surface area contributed by atoms with Gasteiger partial charge in [-0.15, -0.1) is 0 Å². The van der Waals surface area contributed by atoms with E-state index >= 15 is 0 Å². The third-order valence-electron chi connectivity index (χ3n) is 3.10. The fraction of sp³-hybridized carbons (Fsp3) is 0.412. The number of aryl methyl sites for hydroxylation is 1. The Kier molecular flexibility index (Phi) is 5.39. The van der Waals surface area contributed by atoms with Gasteiger partial charge < -0.3 is 14.5 Å². The molecule has 0 saturated carbocycles. The maximum Gasteiger partial charge on any atom is 0.146 e. The van der Waals surface area contributed by atoms with E-state index in [0.29, 0.717) is 18.3 Å². The van der Waals surface area contributed by atoms with E-state index in [1.54, 1.807) is 12.1 Å². The molecule has 0 aliphatic rings. The Labute approximate surface area is 125 Å². The van der Waals surface area contributed by atoms with Crippen molar-refractivity contribution in [1.29, 1.82) is 0 Å². The molecule has 0 bridgehead atoms. The maximum absolute atomic E-state index is 12.8. The van der Waals surface area contributed by atoms with Crippen LogP contribution < -0.4 is 10.1 Å². The molecule has 0 atom stereocenters. The molecule has 1 aromatic heterocycles. The monoisotopic (exact) mass is 291 g/mol. The zero-order valence-electron chi connectivity index (χ0n) is 12.8. The van der Waals surface area contributed by atoms with E-state index in [9.17, 15) is 4.39 Å². The van der Waals surface area contributed by atoms with Gasteiger partial charge in [0.25, 0.3) is 0 Å². The van der Waals surface area contributed by atoms with Crippen molar-refractivity contribution in [2.75, 3.05) is 6.54 Å². The molecule has 4 heteroatoms. The van der Waals surface area contributed by atoms with Crippen LogP contribution in [-0.2, 0) is 13.2 Å². The van der Waals surface area contributed by atoms with Crippen molar-refractivity contribution in [2.24, 2.45) is 5.92 Å². The van der Waals surface area contributed by atoms with Gasteiger partial charge in [0, 0.05) is 0 Å². The van der Waals surface area contributed by atoms with Crippen LogP contribution in [-0.4, -0.2) is 6.54 Å². The predicted octanol–water partition coefficient (Wildman–Crippen LogP) is 4.05. The number of benzene rings is 1. The van der Waals surface area contributed by atoms with Crippen molar-refractivity contribution < 1.29 is 13.5 Å². The standard InChI is InChI=1S/C17H22FNO2/c1-12(2)9-19-10-17-13(3)8-16(21-17)11-20-15-6-4-14(18)5-7-15/h4-8,12,19H,9-11H2,1-3H3. The lowest BCUT2D eigenvalue weighted by Crippen LogP contribution is -2.18. The molecule has 0 aliphatic heterocycles. The molecule has 0 radical (unpaired) electrons.